The molecule has 0 aliphatic rings. The number of hydrogen-bond acceptors (Lipinski definition) is 5. The molecule has 23 heavy (non-hydrogen) atoms. The first kappa shape index (κ1) is 14.9. The molecule has 0 amide bonds. The number of aromatic nitrogens is 4. The van der Waals surface area contributed by atoms with Crippen LogP contribution in [0.25, 0.3) is 33.8 Å². The van der Waals surface area contributed by atoms with Crippen molar-refractivity contribution in [1.29, 1.82) is 0 Å². The molecular formula is C16H8Br2N4S. The number of nitrogens with zero attached hydrogens (tertiary/aromatic N) is 4. The van der Waals surface area contributed by atoms with Gasteiger partial charge in [0.25, 0.3) is 0 Å². The molecule has 0 atom stereocenters. The molecule has 0 fully saturated rings. The lowest BCUT2D eigenvalue weighted by atomic mass is 10.0. The summed E-state index contributed by atoms with van der Waals surface area (Å²) in [6.07, 6.45) is 0. The third-order valence-corrected chi connectivity index (χ3v) is 4.92. The van der Waals surface area contributed by atoms with E-state index in [1.54, 1.807) is 0 Å². The molecule has 2 aromatic heterocycles. The molecule has 0 aliphatic carbocycles. The van der Waals surface area contributed by atoms with Gasteiger partial charge in [0, 0.05) is 20.1 Å². The van der Waals surface area contributed by atoms with Crippen molar-refractivity contribution >= 4 is 54.9 Å². The fraction of sp³-hybridized carbons (Fsp3) is 0. The minimum Gasteiger partial charge on any atom is -0.222 e. The average molecular weight is 448 g/mol. The van der Waals surface area contributed by atoms with E-state index in [0.717, 1.165) is 43.2 Å². The SMILES string of the molecule is Brc1ccc(-c2nc3nsnc3nc2-c2ccc(Br)cc2)cc1. The van der Waals surface area contributed by atoms with Crippen LogP contribution in [-0.4, -0.2) is 18.7 Å². The molecule has 112 valence electrons. The molecule has 4 rings (SSSR count). The van der Waals surface area contributed by atoms with Crippen LogP contribution in [-0.2, 0) is 0 Å². The number of fused-ring (bicyclic) bond motifs is 1. The number of benzene rings is 2. The zero-order chi connectivity index (χ0) is 15.8. The van der Waals surface area contributed by atoms with Gasteiger partial charge in [-0.25, -0.2) is 9.97 Å². The Morgan fingerprint density at radius 3 is 1.39 bits per heavy atom. The Morgan fingerprint density at radius 2 is 1.00 bits per heavy atom. The number of rotatable bonds is 2. The van der Waals surface area contributed by atoms with Gasteiger partial charge < -0.3 is 0 Å². The van der Waals surface area contributed by atoms with Gasteiger partial charge in [0.2, 0.25) is 11.3 Å². The van der Waals surface area contributed by atoms with Crippen molar-refractivity contribution in [3.63, 3.8) is 0 Å². The van der Waals surface area contributed by atoms with Gasteiger partial charge in [-0.05, 0) is 24.3 Å². The highest BCUT2D eigenvalue weighted by atomic mass is 79.9. The number of hydrogen-bond donors (Lipinski definition) is 0. The van der Waals surface area contributed by atoms with E-state index in [9.17, 15) is 0 Å². The molecule has 2 heterocycles. The first-order chi connectivity index (χ1) is 11.2. The Hall–Kier alpha value is -1.70. The summed E-state index contributed by atoms with van der Waals surface area (Å²) in [6, 6.07) is 16.0. The minimum absolute atomic E-state index is 0.578. The summed E-state index contributed by atoms with van der Waals surface area (Å²) in [5.74, 6) is 0. The highest BCUT2D eigenvalue weighted by Crippen LogP contribution is 2.31. The summed E-state index contributed by atoms with van der Waals surface area (Å²) in [5, 5.41) is 0. The first-order valence-electron chi connectivity index (χ1n) is 6.73. The maximum absolute atomic E-state index is 4.68. The predicted octanol–water partition coefficient (Wildman–Crippen LogP) is 5.34. The van der Waals surface area contributed by atoms with Crippen LogP contribution in [0, 0.1) is 0 Å². The molecule has 0 saturated carbocycles. The second-order valence-electron chi connectivity index (χ2n) is 4.85. The highest BCUT2D eigenvalue weighted by Gasteiger charge is 2.15. The van der Waals surface area contributed by atoms with Crippen LogP contribution in [0.3, 0.4) is 0 Å². The molecule has 0 N–H and O–H groups in total. The van der Waals surface area contributed by atoms with Crippen molar-refractivity contribution in [1.82, 2.24) is 18.7 Å². The van der Waals surface area contributed by atoms with Gasteiger partial charge in [-0.1, -0.05) is 56.1 Å². The van der Waals surface area contributed by atoms with Gasteiger partial charge in [0.15, 0.2) is 0 Å². The van der Waals surface area contributed by atoms with E-state index in [2.05, 4.69) is 50.6 Å². The maximum atomic E-state index is 4.68. The van der Waals surface area contributed by atoms with Gasteiger partial charge in [0.05, 0.1) is 23.1 Å². The van der Waals surface area contributed by atoms with Crippen LogP contribution >= 0.6 is 43.6 Å². The van der Waals surface area contributed by atoms with Crippen LogP contribution < -0.4 is 0 Å². The topological polar surface area (TPSA) is 51.6 Å². The van der Waals surface area contributed by atoms with Gasteiger partial charge in [0.1, 0.15) is 0 Å². The molecular weight excluding hydrogens is 440 g/mol. The van der Waals surface area contributed by atoms with E-state index in [4.69, 9.17) is 0 Å². The lowest BCUT2D eigenvalue weighted by Crippen LogP contribution is -1.95. The van der Waals surface area contributed by atoms with Crippen LogP contribution in [0.1, 0.15) is 0 Å². The fourth-order valence-electron chi connectivity index (χ4n) is 2.26. The van der Waals surface area contributed by atoms with Crippen molar-refractivity contribution in [3.8, 4) is 22.5 Å². The van der Waals surface area contributed by atoms with Gasteiger partial charge >= 0.3 is 0 Å². The van der Waals surface area contributed by atoms with E-state index in [-0.39, 0.29) is 0 Å². The summed E-state index contributed by atoms with van der Waals surface area (Å²) >= 11 is 8.05. The Labute approximate surface area is 153 Å². The first-order valence-corrected chi connectivity index (χ1v) is 9.04. The van der Waals surface area contributed by atoms with Crippen LogP contribution in [0.5, 0.6) is 0 Å². The van der Waals surface area contributed by atoms with Crippen molar-refractivity contribution < 1.29 is 0 Å². The summed E-state index contributed by atoms with van der Waals surface area (Å²) < 4.78 is 10.5. The number of halogens is 2. The van der Waals surface area contributed by atoms with E-state index in [1.807, 2.05) is 48.5 Å². The van der Waals surface area contributed by atoms with Crippen molar-refractivity contribution in [3.05, 3.63) is 57.5 Å². The standard InChI is InChI=1S/C16H8Br2N4S/c17-11-5-1-9(2-6-11)13-14(10-3-7-12(18)8-4-10)20-16-15(19-13)21-23-22-16/h1-8H. The van der Waals surface area contributed by atoms with E-state index in [0.29, 0.717) is 11.3 Å². The second kappa shape index (κ2) is 6.07. The summed E-state index contributed by atoms with van der Waals surface area (Å²) in [5.41, 5.74) is 4.75. The molecule has 4 aromatic rings. The monoisotopic (exact) mass is 446 g/mol. The molecule has 0 spiro atoms. The van der Waals surface area contributed by atoms with E-state index < -0.39 is 0 Å². The molecule has 0 radical (unpaired) electrons. The third kappa shape index (κ3) is 2.91. The fourth-order valence-corrected chi connectivity index (χ4v) is 3.23. The van der Waals surface area contributed by atoms with Crippen molar-refractivity contribution in [2.24, 2.45) is 0 Å². The average Bonchev–Trinajstić information content (AvgIpc) is 3.03. The Morgan fingerprint density at radius 1 is 0.609 bits per heavy atom. The second-order valence-corrected chi connectivity index (χ2v) is 7.21. The van der Waals surface area contributed by atoms with Crippen molar-refractivity contribution in [2.75, 3.05) is 0 Å². The molecule has 0 saturated heterocycles. The molecule has 7 heteroatoms. The lowest BCUT2D eigenvalue weighted by Gasteiger charge is -2.08. The Kier molecular flexibility index (Phi) is 3.92. The normalized spacial score (nSPS) is 11.0. The van der Waals surface area contributed by atoms with Gasteiger partial charge in [-0.3, -0.25) is 0 Å². The van der Waals surface area contributed by atoms with E-state index in [1.165, 1.54) is 0 Å². The summed E-state index contributed by atoms with van der Waals surface area (Å²) in [6.45, 7) is 0. The Balaban J connectivity index is 1.98. The maximum Gasteiger partial charge on any atom is 0.213 e. The molecule has 2 aromatic carbocycles. The van der Waals surface area contributed by atoms with Gasteiger partial charge in [-0.2, -0.15) is 8.75 Å². The predicted molar refractivity (Wildman–Crippen MR) is 99.3 cm³/mol. The zero-order valence-corrected chi connectivity index (χ0v) is 15.6. The summed E-state index contributed by atoms with van der Waals surface area (Å²) in [7, 11) is 0. The molecule has 0 unspecified atom stereocenters. The molecule has 4 nitrogen and oxygen atoms in total. The smallest absolute Gasteiger partial charge is 0.213 e. The molecule has 0 aliphatic heterocycles. The van der Waals surface area contributed by atoms with Crippen LogP contribution in [0.4, 0.5) is 0 Å². The largest absolute Gasteiger partial charge is 0.222 e. The quantitative estimate of drug-likeness (QED) is 0.416. The summed E-state index contributed by atoms with van der Waals surface area (Å²) in [4.78, 5) is 9.36. The van der Waals surface area contributed by atoms with Crippen molar-refractivity contribution in [2.45, 2.75) is 0 Å². The van der Waals surface area contributed by atoms with Crippen LogP contribution in [0.15, 0.2) is 57.5 Å². The zero-order valence-electron chi connectivity index (χ0n) is 11.6. The minimum atomic E-state index is 0.578. The molecule has 0 bridgehead atoms. The van der Waals surface area contributed by atoms with E-state index >= 15 is 0 Å². The third-order valence-electron chi connectivity index (χ3n) is 3.35. The highest BCUT2D eigenvalue weighted by molar-refractivity contribution is 9.10. The lowest BCUT2D eigenvalue weighted by molar-refractivity contribution is 1.26. The Bertz CT molecular complexity index is 902. The van der Waals surface area contributed by atoms with Crippen LogP contribution in [0.2, 0.25) is 0 Å². The van der Waals surface area contributed by atoms with Gasteiger partial charge in [-0.15, -0.1) is 0 Å².